The molecule has 0 amide bonds. The maximum absolute atomic E-state index is 12.6. The molecule has 8 heteroatoms. The van der Waals surface area contributed by atoms with Gasteiger partial charge in [-0.1, -0.05) is 13.8 Å². The molecule has 2 aromatic carbocycles. The van der Waals surface area contributed by atoms with Crippen molar-refractivity contribution in [1.29, 1.82) is 0 Å². The number of methoxy groups -OCH3 is 1. The van der Waals surface area contributed by atoms with Crippen LogP contribution in [-0.4, -0.2) is 37.4 Å². The smallest absolute Gasteiger partial charge is 0.342 e. The zero-order chi connectivity index (χ0) is 21.6. The Morgan fingerprint density at radius 3 is 2.41 bits per heavy atom. The molecule has 2 aromatic rings. The van der Waals surface area contributed by atoms with E-state index in [1.807, 2.05) is 34.7 Å². The van der Waals surface area contributed by atoms with E-state index in [2.05, 4.69) is 36.4 Å². The van der Waals surface area contributed by atoms with E-state index in [9.17, 15) is 9.59 Å². The SMILES string of the molecule is CCC(C)c1cc(I)c(OC)c(C(=O)OCCOc2ccc(C(=O)O)cc2I)c1. The summed E-state index contributed by atoms with van der Waals surface area (Å²) in [6, 6.07) is 8.44. The third-order valence-electron chi connectivity index (χ3n) is 4.42. The van der Waals surface area contributed by atoms with Gasteiger partial charge in [-0.15, -0.1) is 0 Å². The summed E-state index contributed by atoms with van der Waals surface area (Å²) in [6.45, 7) is 4.42. The quantitative estimate of drug-likeness (QED) is 0.230. The van der Waals surface area contributed by atoms with Gasteiger partial charge in [-0.05, 0) is 93.4 Å². The Balaban J connectivity index is 2.02. The highest BCUT2D eigenvalue weighted by Crippen LogP contribution is 2.32. The van der Waals surface area contributed by atoms with Crippen molar-refractivity contribution in [2.75, 3.05) is 20.3 Å². The van der Waals surface area contributed by atoms with Crippen molar-refractivity contribution >= 4 is 57.1 Å². The molecule has 29 heavy (non-hydrogen) atoms. The van der Waals surface area contributed by atoms with Crippen LogP contribution in [0.4, 0.5) is 0 Å². The van der Waals surface area contributed by atoms with Gasteiger partial charge in [-0.3, -0.25) is 0 Å². The Morgan fingerprint density at radius 1 is 1.10 bits per heavy atom. The molecular formula is C21H22I2O6. The molecule has 0 bridgehead atoms. The lowest BCUT2D eigenvalue weighted by molar-refractivity contribution is 0.0445. The van der Waals surface area contributed by atoms with Gasteiger partial charge in [0.15, 0.2) is 0 Å². The van der Waals surface area contributed by atoms with Crippen molar-refractivity contribution in [2.45, 2.75) is 26.2 Å². The molecule has 0 saturated heterocycles. The van der Waals surface area contributed by atoms with E-state index in [0.29, 0.717) is 26.6 Å². The molecule has 0 saturated carbocycles. The second-order valence-corrected chi connectivity index (χ2v) is 8.65. The van der Waals surface area contributed by atoms with Crippen LogP contribution in [0, 0.1) is 7.14 Å². The van der Waals surface area contributed by atoms with Crippen LogP contribution in [0.2, 0.25) is 0 Å². The van der Waals surface area contributed by atoms with Crippen molar-refractivity contribution in [3.8, 4) is 11.5 Å². The molecule has 1 unspecified atom stereocenters. The van der Waals surface area contributed by atoms with Crippen molar-refractivity contribution in [3.05, 3.63) is 54.2 Å². The predicted octanol–water partition coefficient (Wildman–Crippen LogP) is 5.35. The molecule has 0 spiro atoms. The lowest BCUT2D eigenvalue weighted by Crippen LogP contribution is -2.14. The summed E-state index contributed by atoms with van der Waals surface area (Å²) in [7, 11) is 1.53. The van der Waals surface area contributed by atoms with Gasteiger partial charge in [-0.25, -0.2) is 9.59 Å². The largest absolute Gasteiger partial charge is 0.495 e. The number of hydrogen-bond donors (Lipinski definition) is 1. The van der Waals surface area contributed by atoms with Gasteiger partial charge in [0.2, 0.25) is 0 Å². The van der Waals surface area contributed by atoms with Gasteiger partial charge in [-0.2, -0.15) is 0 Å². The van der Waals surface area contributed by atoms with Crippen molar-refractivity contribution in [1.82, 2.24) is 0 Å². The number of carbonyl (C=O) groups excluding carboxylic acids is 1. The van der Waals surface area contributed by atoms with Crippen LogP contribution >= 0.6 is 45.2 Å². The number of carboxylic acid groups (broad SMARTS) is 1. The third-order valence-corrected chi connectivity index (χ3v) is 6.07. The van der Waals surface area contributed by atoms with Crippen molar-refractivity contribution < 1.29 is 28.9 Å². The first-order chi connectivity index (χ1) is 13.8. The van der Waals surface area contributed by atoms with E-state index in [4.69, 9.17) is 19.3 Å². The lowest BCUT2D eigenvalue weighted by Gasteiger charge is -2.16. The number of rotatable bonds is 9. The highest BCUT2D eigenvalue weighted by molar-refractivity contribution is 14.1. The molecule has 2 rings (SSSR count). The average molecular weight is 624 g/mol. The van der Waals surface area contributed by atoms with E-state index in [1.165, 1.54) is 19.2 Å². The molecule has 0 aliphatic heterocycles. The highest BCUT2D eigenvalue weighted by Gasteiger charge is 2.20. The monoisotopic (exact) mass is 624 g/mol. The number of carbonyl (C=O) groups is 2. The Kier molecular flexibility index (Phi) is 9.00. The summed E-state index contributed by atoms with van der Waals surface area (Å²) in [5, 5.41) is 9.00. The zero-order valence-electron chi connectivity index (χ0n) is 16.3. The summed E-state index contributed by atoms with van der Waals surface area (Å²) in [5.74, 6) is -0.101. The van der Waals surface area contributed by atoms with Crippen LogP contribution in [-0.2, 0) is 4.74 Å². The second kappa shape index (κ2) is 11.0. The molecule has 0 radical (unpaired) electrons. The molecular weight excluding hydrogens is 602 g/mol. The molecule has 1 N–H and O–H groups in total. The van der Waals surface area contributed by atoms with E-state index in [0.717, 1.165) is 15.6 Å². The maximum atomic E-state index is 12.6. The first-order valence-corrected chi connectivity index (χ1v) is 11.1. The number of aromatic carboxylic acids is 1. The first kappa shape index (κ1) is 23.7. The average Bonchev–Trinajstić information content (AvgIpc) is 2.70. The summed E-state index contributed by atoms with van der Waals surface area (Å²) in [5.41, 5.74) is 1.65. The normalized spacial score (nSPS) is 11.6. The number of ether oxygens (including phenoxy) is 3. The van der Waals surface area contributed by atoms with Gasteiger partial charge < -0.3 is 19.3 Å². The topological polar surface area (TPSA) is 82.1 Å². The Hall–Kier alpha value is -1.56. The van der Waals surface area contributed by atoms with Gasteiger partial charge in [0.25, 0.3) is 0 Å². The Bertz CT molecular complexity index is 897. The minimum absolute atomic E-state index is 0.0584. The van der Waals surface area contributed by atoms with E-state index in [1.54, 1.807) is 6.07 Å². The molecule has 0 fully saturated rings. The standard InChI is InChI=1S/C21H22I2O6/c1-4-12(2)14-9-15(19(27-3)17(23)11-14)21(26)29-8-7-28-18-6-5-13(20(24)25)10-16(18)22/h5-6,9-12H,4,7-8H2,1-3H3,(H,24,25). The van der Waals surface area contributed by atoms with E-state index in [-0.39, 0.29) is 18.8 Å². The molecule has 0 heterocycles. The van der Waals surface area contributed by atoms with Crippen molar-refractivity contribution in [3.63, 3.8) is 0 Å². The number of hydrogen-bond acceptors (Lipinski definition) is 5. The van der Waals surface area contributed by atoms with E-state index >= 15 is 0 Å². The Morgan fingerprint density at radius 2 is 1.83 bits per heavy atom. The Labute approximate surface area is 197 Å². The second-order valence-electron chi connectivity index (χ2n) is 6.33. The van der Waals surface area contributed by atoms with Crippen LogP contribution in [0.3, 0.4) is 0 Å². The van der Waals surface area contributed by atoms with Gasteiger partial charge in [0.1, 0.15) is 30.3 Å². The fourth-order valence-corrected chi connectivity index (χ4v) is 4.15. The number of benzene rings is 2. The van der Waals surface area contributed by atoms with E-state index < -0.39 is 11.9 Å². The molecule has 0 aliphatic rings. The first-order valence-electron chi connectivity index (χ1n) is 8.98. The molecule has 156 valence electrons. The summed E-state index contributed by atoms with van der Waals surface area (Å²) >= 11 is 4.16. The maximum Gasteiger partial charge on any atom is 0.342 e. The summed E-state index contributed by atoms with van der Waals surface area (Å²) in [4.78, 5) is 23.6. The van der Waals surface area contributed by atoms with Crippen LogP contribution < -0.4 is 9.47 Å². The number of halogens is 2. The number of carboxylic acids is 1. The lowest BCUT2D eigenvalue weighted by atomic mass is 9.96. The van der Waals surface area contributed by atoms with Gasteiger partial charge in [0, 0.05) is 0 Å². The van der Waals surface area contributed by atoms with Crippen LogP contribution in [0.15, 0.2) is 30.3 Å². The van der Waals surface area contributed by atoms with Crippen LogP contribution in [0.5, 0.6) is 11.5 Å². The fourth-order valence-electron chi connectivity index (χ4n) is 2.61. The number of esters is 1. The minimum atomic E-state index is -0.994. The zero-order valence-corrected chi connectivity index (χ0v) is 20.6. The molecule has 0 aliphatic carbocycles. The predicted molar refractivity (Wildman–Crippen MR) is 126 cm³/mol. The highest BCUT2D eigenvalue weighted by atomic mass is 127. The summed E-state index contributed by atoms with van der Waals surface area (Å²) in [6.07, 6.45) is 0.962. The minimum Gasteiger partial charge on any atom is -0.495 e. The third kappa shape index (κ3) is 6.21. The van der Waals surface area contributed by atoms with Gasteiger partial charge in [0.05, 0.1) is 19.8 Å². The van der Waals surface area contributed by atoms with Gasteiger partial charge >= 0.3 is 11.9 Å². The van der Waals surface area contributed by atoms with Crippen molar-refractivity contribution in [2.24, 2.45) is 0 Å². The molecule has 1 atom stereocenters. The summed E-state index contributed by atoms with van der Waals surface area (Å²) < 4.78 is 17.9. The molecule has 0 aromatic heterocycles. The molecule has 6 nitrogen and oxygen atoms in total. The fraction of sp³-hybridized carbons (Fsp3) is 0.333. The van der Waals surface area contributed by atoms with Crippen LogP contribution in [0.1, 0.15) is 52.5 Å². The van der Waals surface area contributed by atoms with Crippen LogP contribution in [0.25, 0.3) is 0 Å².